The molecule has 234 valence electrons. The van der Waals surface area contributed by atoms with Crippen LogP contribution < -0.4 is 9.84 Å². The van der Waals surface area contributed by atoms with E-state index in [-0.39, 0.29) is 43.4 Å². The van der Waals surface area contributed by atoms with Gasteiger partial charge in [-0.3, -0.25) is 0 Å². The van der Waals surface area contributed by atoms with E-state index in [1.165, 1.54) is 23.5 Å². The highest BCUT2D eigenvalue weighted by atomic mass is 32.2. The van der Waals surface area contributed by atoms with Gasteiger partial charge < -0.3 is 34.1 Å². The number of nitrogens with zero attached hydrogens (tertiary/aromatic N) is 3. The summed E-state index contributed by atoms with van der Waals surface area (Å²) in [6, 6.07) is 15.5. The van der Waals surface area contributed by atoms with E-state index in [0.717, 1.165) is 10.5 Å². The number of rotatable bonds is 14. The first kappa shape index (κ1) is 32.7. The Morgan fingerprint density at radius 3 is 2.51 bits per heavy atom. The van der Waals surface area contributed by atoms with Gasteiger partial charge in [-0.05, 0) is 54.5 Å². The van der Waals surface area contributed by atoms with Crippen LogP contribution in [0.4, 0.5) is 4.79 Å². The third-order valence-electron chi connectivity index (χ3n) is 8.27. The number of carbonyl (C=O) groups is 1. The first-order valence-electron chi connectivity index (χ1n) is 14.4. The van der Waals surface area contributed by atoms with E-state index in [1.54, 1.807) is 12.1 Å². The van der Waals surface area contributed by atoms with E-state index in [2.05, 4.69) is 6.07 Å². The lowest BCUT2D eigenvalue weighted by Gasteiger charge is -2.43. The summed E-state index contributed by atoms with van der Waals surface area (Å²) < 4.78 is 45.8. The Hall–Kier alpha value is -3.21. The molecule has 0 aliphatic carbocycles. The van der Waals surface area contributed by atoms with Gasteiger partial charge in [0.05, 0.1) is 49.5 Å². The zero-order valence-electron chi connectivity index (χ0n) is 24.8. The third-order valence-corrected chi connectivity index (χ3v) is 10.1. The molecule has 2 aliphatic rings. The molecule has 5 atom stereocenters. The Balaban J connectivity index is 1.71. The molecule has 43 heavy (non-hydrogen) atoms. The molecule has 1 amide bonds. The van der Waals surface area contributed by atoms with Gasteiger partial charge in [-0.1, -0.05) is 44.2 Å². The van der Waals surface area contributed by atoms with Gasteiger partial charge in [-0.25, -0.2) is 8.42 Å². The molecule has 2 fully saturated rings. The summed E-state index contributed by atoms with van der Waals surface area (Å²) >= 11 is 0. The number of fused-ring (bicyclic) bond motifs is 1. The number of hydrogen-bond acceptors (Lipinski definition) is 9. The first-order chi connectivity index (χ1) is 20.5. The van der Waals surface area contributed by atoms with E-state index in [1.807, 2.05) is 44.2 Å². The van der Waals surface area contributed by atoms with Crippen molar-refractivity contribution >= 4 is 16.1 Å². The number of carboxylic acid groups (broad SMARTS) is 1. The molecule has 1 N–H and O–H groups in total. The number of sulfonamides is 1. The predicted molar refractivity (Wildman–Crippen MR) is 155 cm³/mol. The Bertz CT molecular complexity index is 1360. The van der Waals surface area contributed by atoms with Crippen molar-refractivity contribution < 1.29 is 37.6 Å². The predicted octanol–water partition coefficient (Wildman–Crippen LogP) is 2.39. The molecule has 2 aromatic carbocycles. The molecule has 11 nitrogen and oxygen atoms in total. The number of aliphatic hydroxyl groups excluding tert-OH is 1. The van der Waals surface area contributed by atoms with Crippen molar-refractivity contribution in [2.45, 2.75) is 68.9 Å². The largest absolute Gasteiger partial charge is 0.530 e. The fraction of sp³-hybridized carbons (Fsp3) is 0.548. The van der Waals surface area contributed by atoms with E-state index >= 15 is 0 Å². The number of methoxy groups -OCH3 is 1. The molecular weight excluding hydrogens is 574 g/mol. The van der Waals surface area contributed by atoms with Gasteiger partial charge in [-0.2, -0.15) is 9.57 Å². The lowest BCUT2D eigenvalue weighted by atomic mass is 9.87. The Kier molecular flexibility index (Phi) is 10.7. The summed E-state index contributed by atoms with van der Waals surface area (Å²) in [7, 11) is -2.68. The number of nitriles is 1. The molecule has 12 heteroatoms. The van der Waals surface area contributed by atoms with Crippen LogP contribution in [0.25, 0.3) is 0 Å². The van der Waals surface area contributed by atoms with E-state index < -0.39 is 46.0 Å². The second-order valence-electron chi connectivity index (χ2n) is 11.9. The summed E-state index contributed by atoms with van der Waals surface area (Å²) in [4.78, 5) is 13.9. The van der Waals surface area contributed by atoms with Crippen LogP contribution in [-0.4, -0.2) is 86.7 Å². The van der Waals surface area contributed by atoms with Crippen LogP contribution >= 0.6 is 0 Å². The summed E-state index contributed by atoms with van der Waals surface area (Å²) in [5.74, 6) is 0.257. The maximum Gasteiger partial charge on any atom is 0.243 e. The van der Waals surface area contributed by atoms with Gasteiger partial charge >= 0.3 is 0 Å². The summed E-state index contributed by atoms with van der Waals surface area (Å²) in [5.41, 5.74) is 0.154. The van der Waals surface area contributed by atoms with Crippen molar-refractivity contribution in [3.8, 4) is 11.8 Å². The fourth-order valence-electron chi connectivity index (χ4n) is 5.95. The molecule has 2 heterocycles. The number of benzene rings is 2. The molecule has 0 spiro atoms. The van der Waals surface area contributed by atoms with Gasteiger partial charge in [0, 0.05) is 25.4 Å². The van der Waals surface area contributed by atoms with Crippen molar-refractivity contribution in [3.63, 3.8) is 0 Å². The molecule has 4 rings (SSSR count). The van der Waals surface area contributed by atoms with Crippen molar-refractivity contribution in [1.29, 1.82) is 5.26 Å². The summed E-state index contributed by atoms with van der Waals surface area (Å²) in [6.07, 6.45) is -2.06. The van der Waals surface area contributed by atoms with Gasteiger partial charge in [0.15, 0.2) is 6.29 Å². The van der Waals surface area contributed by atoms with Gasteiger partial charge in [0.1, 0.15) is 11.8 Å². The average Bonchev–Trinajstić information content (AvgIpc) is 3.61. The number of amides is 1. The molecule has 0 unspecified atom stereocenters. The normalized spacial score (nSPS) is 21.6. The Morgan fingerprint density at radius 1 is 1.19 bits per heavy atom. The summed E-state index contributed by atoms with van der Waals surface area (Å²) in [6.45, 7) is 3.84. The van der Waals surface area contributed by atoms with E-state index in [4.69, 9.17) is 14.2 Å². The topological polar surface area (TPSA) is 152 Å². The number of ether oxygens (including phenoxy) is 3. The summed E-state index contributed by atoms with van der Waals surface area (Å²) in [5, 5.41) is 33.8. The zero-order chi connectivity index (χ0) is 31.2. The van der Waals surface area contributed by atoms with E-state index in [9.17, 15) is 28.7 Å². The second-order valence-corrected chi connectivity index (χ2v) is 13.8. The highest BCUT2D eigenvalue weighted by molar-refractivity contribution is 7.89. The van der Waals surface area contributed by atoms with Gasteiger partial charge in [-0.15, -0.1) is 0 Å². The van der Waals surface area contributed by atoms with Crippen LogP contribution in [0.5, 0.6) is 5.75 Å². The van der Waals surface area contributed by atoms with Gasteiger partial charge in [0.2, 0.25) is 10.0 Å². The minimum atomic E-state index is -4.16. The Labute approximate surface area is 253 Å². The average molecular weight is 615 g/mol. The number of carbonyl (C=O) groups excluding carboxylic acids is 1. The number of hydrogen-bond donors (Lipinski definition) is 1. The van der Waals surface area contributed by atoms with E-state index in [0.29, 0.717) is 25.2 Å². The first-order valence-corrected chi connectivity index (χ1v) is 15.9. The standard InChI is InChI=1S/C31H41N3O8S/c1-31(2,15-7-16-32)21-33(43(38,39)24-12-10-23(40-3)11-13-24)19-28(35)26(18-22-8-5-4-6-9-22)34(30(36)37)27-20-42-29-25(27)14-17-41-29/h4-6,8-13,25-29,35H,7,14-15,17-21H2,1-3H3,(H,36,37)/p-1/t25-,26+,27+,28-,29+/m1/s1. The van der Waals surface area contributed by atoms with Crippen LogP contribution in [0.2, 0.25) is 0 Å². The highest BCUT2D eigenvalue weighted by Crippen LogP contribution is 2.36. The maximum absolute atomic E-state index is 14.0. The minimum Gasteiger partial charge on any atom is -0.530 e. The third kappa shape index (κ3) is 7.85. The van der Waals surface area contributed by atoms with Crippen LogP contribution in [-0.2, 0) is 25.9 Å². The monoisotopic (exact) mass is 614 g/mol. The molecule has 2 saturated heterocycles. The zero-order valence-corrected chi connectivity index (χ0v) is 25.6. The number of aliphatic hydroxyl groups is 1. The lowest BCUT2D eigenvalue weighted by Crippen LogP contribution is -2.61. The van der Waals surface area contributed by atoms with Crippen LogP contribution in [0, 0.1) is 22.7 Å². The fourth-order valence-corrected chi connectivity index (χ4v) is 7.59. The lowest BCUT2D eigenvalue weighted by molar-refractivity contribution is -0.273. The molecule has 0 bridgehead atoms. The second kappa shape index (κ2) is 14.1. The van der Waals surface area contributed by atoms with Gasteiger partial charge in [0.25, 0.3) is 0 Å². The maximum atomic E-state index is 14.0. The van der Waals surface area contributed by atoms with Crippen LogP contribution in [0.15, 0.2) is 59.5 Å². The smallest absolute Gasteiger partial charge is 0.243 e. The SMILES string of the molecule is COc1ccc(S(=O)(=O)N(C[C@@H](O)[C@H](Cc2ccccc2)N(C(=O)[O-])[C@H]2CO[C@@H]3OCC[C@@H]32)CC(C)(C)CCC#N)cc1. The minimum absolute atomic E-state index is 0.00286. The van der Waals surface area contributed by atoms with Crippen LogP contribution in [0.3, 0.4) is 0 Å². The molecule has 0 radical (unpaired) electrons. The Morgan fingerprint density at radius 2 is 1.88 bits per heavy atom. The van der Waals surface area contributed by atoms with Crippen molar-refractivity contribution in [3.05, 3.63) is 60.2 Å². The highest BCUT2D eigenvalue weighted by Gasteiger charge is 2.47. The molecule has 2 aromatic rings. The van der Waals surface area contributed by atoms with Crippen LogP contribution in [0.1, 0.15) is 38.7 Å². The van der Waals surface area contributed by atoms with Crippen molar-refractivity contribution in [2.24, 2.45) is 11.3 Å². The molecule has 0 saturated carbocycles. The quantitative estimate of drug-likeness (QED) is 0.338. The van der Waals surface area contributed by atoms with Crippen molar-refractivity contribution in [2.75, 3.05) is 33.4 Å². The molecule has 0 aromatic heterocycles. The molecular formula is C31H40N3O8S-. The van der Waals surface area contributed by atoms with Crippen molar-refractivity contribution in [1.82, 2.24) is 9.21 Å². The molecule has 2 aliphatic heterocycles.